The highest BCUT2D eigenvalue weighted by Crippen LogP contribution is 2.24. The molecule has 0 bridgehead atoms. The second kappa shape index (κ2) is 7.11. The maximum absolute atomic E-state index is 12.6. The molecular weight excluding hydrogens is 330 g/mol. The van der Waals surface area contributed by atoms with Crippen LogP contribution in [-0.2, 0) is 20.7 Å². The number of nitrogens with zero attached hydrogens (tertiary/aromatic N) is 2. The lowest BCUT2D eigenvalue weighted by Gasteiger charge is -2.29. The van der Waals surface area contributed by atoms with E-state index in [4.69, 9.17) is 4.74 Å². The van der Waals surface area contributed by atoms with Gasteiger partial charge in [-0.1, -0.05) is 11.6 Å². The number of nitrogens with one attached hydrogen (secondary N) is 1. The third-order valence-electron chi connectivity index (χ3n) is 5.46. The fourth-order valence-electron chi connectivity index (χ4n) is 3.95. The van der Waals surface area contributed by atoms with Crippen LogP contribution in [-0.4, -0.2) is 66.0 Å². The second-order valence-electron chi connectivity index (χ2n) is 7.29. The minimum Gasteiger partial charge on any atom is -0.378 e. The van der Waals surface area contributed by atoms with Crippen molar-refractivity contribution in [2.45, 2.75) is 19.8 Å². The lowest BCUT2D eigenvalue weighted by molar-refractivity contribution is -0.139. The summed E-state index contributed by atoms with van der Waals surface area (Å²) in [6, 6.07) is 6.36. The van der Waals surface area contributed by atoms with Crippen LogP contribution in [0, 0.1) is 12.8 Å². The predicted molar refractivity (Wildman–Crippen MR) is 98.8 cm³/mol. The number of aromatic nitrogens is 1. The molecule has 2 aromatic rings. The zero-order valence-electron chi connectivity index (χ0n) is 15.2. The molecule has 0 aliphatic carbocycles. The minimum absolute atomic E-state index is 0.0904. The third kappa shape index (κ3) is 3.33. The predicted octanol–water partition coefficient (Wildman–Crippen LogP) is 1.73. The first-order valence-corrected chi connectivity index (χ1v) is 9.33. The van der Waals surface area contributed by atoms with Gasteiger partial charge in [0, 0.05) is 49.7 Å². The van der Waals surface area contributed by atoms with Gasteiger partial charge in [0.15, 0.2) is 0 Å². The third-order valence-corrected chi connectivity index (χ3v) is 5.46. The van der Waals surface area contributed by atoms with Crippen molar-refractivity contribution in [3.63, 3.8) is 0 Å². The monoisotopic (exact) mass is 355 g/mol. The molecule has 0 radical (unpaired) electrons. The van der Waals surface area contributed by atoms with E-state index < -0.39 is 0 Å². The zero-order chi connectivity index (χ0) is 18.1. The van der Waals surface area contributed by atoms with E-state index in [0.717, 1.165) is 11.9 Å². The highest BCUT2D eigenvalue weighted by molar-refractivity contribution is 5.89. The maximum Gasteiger partial charge on any atom is 0.228 e. The Labute approximate surface area is 153 Å². The summed E-state index contributed by atoms with van der Waals surface area (Å²) < 4.78 is 5.30. The largest absolute Gasteiger partial charge is 0.378 e. The van der Waals surface area contributed by atoms with Crippen molar-refractivity contribution in [2.75, 3.05) is 39.4 Å². The van der Waals surface area contributed by atoms with Gasteiger partial charge in [0.25, 0.3) is 0 Å². The van der Waals surface area contributed by atoms with Crippen LogP contribution in [0.15, 0.2) is 24.4 Å². The van der Waals surface area contributed by atoms with E-state index in [9.17, 15) is 9.59 Å². The van der Waals surface area contributed by atoms with E-state index in [0.29, 0.717) is 45.8 Å². The SMILES string of the molecule is Cc1ccc2[nH]cc(CCN3C[C@H](C(=O)N4CCOCC4)CC3=O)c2c1. The molecule has 6 heteroatoms. The molecule has 4 rings (SSSR count). The summed E-state index contributed by atoms with van der Waals surface area (Å²) in [5.74, 6) is -0.00897. The van der Waals surface area contributed by atoms with Gasteiger partial charge in [0.2, 0.25) is 11.8 Å². The number of aromatic amines is 1. The van der Waals surface area contributed by atoms with Gasteiger partial charge in [0.1, 0.15) is 0 Å². The van der Waals surface area contributed by atoms with Gasteiger partial charge in [-0.05, 0) is 31.0 Å². The number of fused-ring (bicyclic) bond motifs is 1. The van der Waals surface area contributed by atoms with Crippen LogP contribution in [0.4, 0.5) is 0 Å². The van der Waals surface area contributed by atoms with Gasteiger partial charge < -0.3 is 19.5 Å². The van der Waals surface area contributed by atoms with Crippen molar-refractivity contribution in [3.05, 3.63) is 35.5 Å². The number of rotatable bonds is 4. The molecule has 2 fully saturated rings. The number of morpholine rings is 1. The number of amides is 2. The maximum atomic E-state index is 12.6. The number of ether oxygens (including phenoxy) is 1. The molecule has 2 aliphatic rings. The molecule has 138 valence electrons. The fourth-order valence-corrected chi connectivity index (χ4v) is 3.95. The van der Waals surface area contributed by atoms with Crippen LogP contribution < -0.4 is 0 Å². The average Bonchev–Trinajstić information content (AvgIpc) is 3.23. The van der Waals surface area contributed by atoms with Crippen LogP contribution in [0.5, 0.6) is 0 Å². The lowest BCUT2D eigenvalue weighted by atomic mass is 10.1. The van der Waals surface area contributed by atoms with Crippen LogP contribution >= 0.6 is 0 Å². The summed E-state index contributed by atoms with van der Waals surface area (Å²) in [6.45, 7) is 5.74. The second-order valence-corrected chi connectivity index (χ2v) is 7.29. The average molecular weight is 355 g/mol. The Morgan fingerprint density at radius 2 is 2.12 bits per heavy atom. The Kier molecular flexibility index (Phi) is 4.68. The first-order valence-electron chi connectivity index (χ1n) is 9.33. The zero-order valence-corrected chi connectivity index (χ0v) is 15.2. The van der Waals surface area contributed by atoms with Crippen molar-refractivity contribution in [1.29, 1.82) is 0 Å². The van der Waals surface area contributed by atoms with E-state index in [2.05, 4.69) is 30.1 Å². The molecule has 2 aliphatic heterocycles. The van der Waals surface area contributed by atoms with Crippen molar-refractivity contribution in [3.8, 4) is 0 Å². The Hall–Kier alpha value is -2.34. The molecule has 0 unspecified atom stereocenters. The Bertz CT molecular complexity index is 823. The van der Waals surface area contributed by atoms with Gasteiger partial charge in [0.05, 0.1) is 19.1 Å². The van der Waals surface area contributed by atoms with E-state index in [1.165, 1.54) is 16.5 Å². The molecule has 6 nitrogen and oxygen atoms in total. The van der Waals surface area contributed by atoms with E-state index in [-0.39, 0.29) is 17.7 Å². The van der Waals surface area contributed by atoms with Gasteiger partial charge in [-0.3, -0.25) is 9.59 Å². The molecule has 2 saturated heterocycles. The van der Waals surface area contributed by atoms with Crippen LogP contribution in [0.2, 0.25) is 0 Å². The number of carbonyl (C=O) groups excluding carboxylic acids is 2. The summed E-state index contributed by atoms with van der Waals surface area (Å²) >= 11 is 0. The molecule has 3 heterocycles. The van der Waals surface area contributed by atoms with Crippen LogP contribution in [0.25, 0.3) is 10.9 Å². The van der Waals surface area contributed by atoms with Crippen LogP contribution in [0.1, 0.15) is 17.5 Å². The number of aryl methyl sites for hydroxylation is 1. The van der Waals surface area contributed by atoms with Gasteiger partial charge in [-0.15, -0.1) is 0 Å². The minimum atomic E-state index is -0.203. The first kappa shape index (κ1) is 17.1. The number of carbonyl (C=O) groups is 2. The number of hydrogen-bond donors (Lipinski definition) is 1. The first-order chi connectivity index (χ1) is 12.6. The molecule has 0 spiro atoms. The molecule has 1 aromatic heterocycles. The normalized spacial score (nSPS) is 21.0. The topological polar surface area (TPSA) is 65.6 Å². The lowest BCUT2D eigenvalue weighted by Crippen LogP contribution is -2.44. The Morgan fingerprint density at radius 1 is 1.31 bits per heavy atom. The fraction of sp³-hybridized carbons (Fsp3) is 0.500. The van der Waals surface area contributed by atoms with Crippen LogP contribution in [0.3, 0.4) is 0 Å². The van der Waals surface area contributed by atoms with E-state index in [1.807, 2.05) is 16.0 Å². The summed E-state index contributed by atoms with van der Waals surface area (Å²) in [5.41, 5.74) is 3.57. The van der Waals surface area contributed by atoms with Crippen molar-refractivity contribution in [1.82, 2.24) is 14.8 Å². The van der Waals surface area contributed by atoms with Gasteiger partial charge in [-0.2, -0.15) is 0 Å². The number of hydrogen-bond acceptors (Lipinski definition) is 3. The summed E-state index contributed by atoms with van der Waals surface area (Å²) in [5, 5.41) is 1.22. The molecule has 1 N–H and O–H groups in total. The molecule has 26 heavy (non-hydrogen) atoms. The standard InChI is InChI=1S/C20H25N3O3/c1-14-2-3-18-17(10-14)15(12-21-18)4-5-23-13-16(11-19(23)24)20(25)22-6-8-26-9-7-22/h2-3,10,12,16,21H,4-9,11,13H2,1H3/t16-/m1/s1. The van der Waals surface area contributed by atoms with E-state index >= 15 is 0 Å². The summed E-state index contributed by atoms with van der Waals surface area (Å²) in [6.07, 6.45) is 3.16. The smallest absolute Gasteiger partial charge is 0.228 e. The van der Waals surface area contributed by atoms with Gasteiger partial charge in [-0.25, -0.2) is 0 Å². The highest BCUT2D eigenvalue weighted by atomic mass is 16.5. The Balaban J connectivity index is 1.38. The van der Waals surface area contributed by atoms with Crippen molar-refractivity contribution < 1.29 is 14.3 Å². The molecule has 0 saturated carbocycles. The molecule has 1 atom stereocenters. The van der Waals surface area contributed by atoms with E-state index in [1.54, 1.807) is 0 Å². The molecule has 1 aromatic carbocycles. The molecule has 2 amide bonds. The quantitative estimate of drug-likeness (QED) is 0.908. The Morgan fingerprint density at radius 3 is 2.92 bits per heavy atom. The number of H-pyrrole nitrogens is 1. The summed E-state index contributed by atoms with van der Waals surface area (Å²) in [4.78, 5) is 32.0. The number of benzene rings is 1. The van der Waals surface area contributed by atoms with Crippen molar-refractivity contribution in [2.24, 2.45) is 5.92 Å². The van der Waals surface area contributed by atoms with Crippen molar-refractivity contribution >= 4 is 22.7 Å². The number of likely N-dealkylation sites (tertiary alicyclic amines) is 1. The van der Waals surface area contributed by atoms with Gasteiger partial charge >= 0.3 is 0 Å². The molecular formula is C20H25N3O3. The summed E-state index contributed by atoms with van der Waals surface area (Å²) in [7, 11) is 0. The highest BCUT2D eigenvalue weighted by Gasteiger charge is 2.36.